The Morgan fingerprint density at radius 1 is 1.78 bits per heavy atom. The van der Waals surface area contributed by atoms with Crippen LogP contribution in [-0.2, 0) is 13.0 Å². The van der Waals surface area contributed by atoms with Crippen LogP contribution in [0.15, 0.2) is 12.4 Å². The minimum atomic E-state index is 0.972. The van der Waals surface area contributed by atoms with Crippen LogP contribution >= 0.6 is 0 Å². The van der Waals surface area contributed by atoms with Crippen molar-refractivity contribution in [3.63, 3.8) is 0 Å². The molecule has 0 bridgehead atoms. The van der Waals surface area contributed by atoms with Crippen LogP contribution < -0.4 is 0 Å². The van der Waals surface area contributed by atoms with Gasteiger partial charge in [-0.1, -0.05) is 6.92 Å². The predicted molar refractivity (Wildman–Crippen MR) is 45.7 cm³/mol. The van der Waals surface area contributed by atoms with Gasteiger partial charge in [-0.3, -0.25) is 4.68 Å². The number of rotatable bonds is 2. The van der Waals surface area contributed by atoms with E-state index in [-0.39, 0.29) is 0 Å². The zero-order chi connectivity index (χ0) is 14.7. The van der Waals surface area contributed by atoms with Gasteiger partial charge in [-0.25, -0.2) is 0 Å². The molecule has 0 radical (unpaired) electrons. The topological polar surface area (TPSA) is 17.8 Å². The second-order valence-corrected chi connectivity index (χ2v) is 2.06. The minimum absolute atomic E-state index is 0.972. The highest BCUT2D eigenvalue weighted by Gasteiger charge is 1.90. The predicted octanol–water partition coefficient (Wildman–Crippen LogP) is 2.45. The molecule has 0 spiro atoms. The van der Waals surface area contributed by atoms with E-state index in [4.69, 9.17) is 11.9 Å². The maximum absolute atomic E-state index is 5.00. The summed E-state index contributed by atoms with van der Waals surface area (Å²) in [6, 6.07) is 0. The molecule has 58 valence electrons. The zero-order valence-corrected chi connectivity index (χ0v) is 5.96. The Bertz CT molecular complexity index is 177. The molecule has 2 heteroatoms. The van der Waals surface area contributed by atoms with Gasteiger partial charge in [0, 0.05) is 24.6 Å². The second-order valence-electron chi connectivity index (χ2n) is 2.06. The van der Waals surface area contributed by atoms with Crippen molar-refractivity contribution in [2.45, 2.75) is 26.8 Å². The molecule has 0 unspecified atom stereocenters. The van der Waals surface area contributed by atoms with E-state index in [1.54, 1.807) is 0 Å². The fourth-order valence-corrected chi connectivity index (χ4v) is 0.762. The van der Waals surface area contributed by atoms with Gasteiger partial charge >= 0.3 is 0 Å². The van der Waals surface area contributed by atoms with Crippen LogP contribution in [0.4, 0.5) is 0 Å². The fourth-order valence-electron chi connectivity index (χ4n) is 0.762. The van der Waals surface area contributed by atoms with Gasteiger partial charge in [0.05, 0.1) is 6.20 Å². The highest BCUT2D eigenvalue weighted by atomic mass is 15.3. The molecule has 0 aliphatic heterocycles. The van der Waals surface area contributed by atoms with Gasteiger partial charge in [-0.15, -0.1) is 0 Å². The van der Waals surface area contributed by atoms with Gasteiger partial charge in [0.25, 0.3) is 0 Å². The van der Waals surface area contributed by atoms with Crippen LogP contribution in [0.25, 0.3) is 0 Å². The lowest BCUT2D eigenvalue weighted by Gasteiger charge is -1.89. The summed E-state index contributed by atoms with van der Waals surface area (Å²) in [6.07, 6.45) is 5.09. The van der Waals surface area contributed by atoms with Gasteiger partial charge in [-0.2, -0.15) is 5.10 Å². The first-order chi connectivity index (χ1) is 8.36. The number of hydrogen-bond acceptors (Lipinski definition) is 1. The van der Waals surface area contributed by atoms with Crippen molar-refractivity contribution >= 4 is 0 Å². The molecule has 0 saturated carbocycles. The van der Waals surface area contributed by atoms with Crippen molar-refractivity contribution in [1.82, 2.24) is 9.78 Å². The summed E-state index contributed by atoms with van der Waals surface area (Å²) in [5.74, 6) is 0. The Morgan fingerprint density at radius 2 is 2.56 bits per heavy atom. The molecule has 0 aliphatic rings. The molecule has 0 saturated heterocycles. The number of hydrogen-bond donors (Lipinski definition) is 0. The minimum Gasteiger partial charge on any atom is -0.273 e. The van der Waals surface area contributed by atoms with Crippen LogP contribution in [0.5, 0.6) is 0 Å². The molecule has 2 nitrogen and oxygen atoms in total. The van der Waals surface area contributed by atoms with E-state index >= 15 is 0 Å². The molecular weight excluding hydrogens is 112 g/mol. The lowest BCUT2D eigenvalue weighted by atomic mass is 10.3. The fraction of sp³-hybridized carbons (Fsp3) is 0.571. The van der Waals surface area contributed by atoms with E-state index in [0.29, 0.717) is 0 Å². The Morgan fingerprint density at radius 3 is 2.89 bits per heavy atom. The number of aromatic nitrogens is 2. The summed E-state index contributed by atoms with van der Waals surface area (Å²) < 4.78 is 41.9. The SMILES string of the molecule is CCc1cnn(CC)c1.[2H][2H].[2H][2H].[2H][2H].[2H][2H]. The van der Waals surface area contributed by atoms with Crippen LogP contribution in [0.2, 0.25) is 0 Å². The Balaban J connectivity index is -0.0000000905. The largest absolute Gasteiger partial charge is 0.273 e. The average Bonchev–Trinajstić information content (AvgIpc) is 2.95. The molecule has 0 N–H and O–H groups in total. The average molecular weight is 140 g/mol. The Labute approximate surface area is 67.8 Å². The molecule has 0 amide bonds. The third kappa shape index (κ3) is 1.31. The molecule has 1 rings (SSSR count). The van der Waals surface area contributed by atoms with Crippen molar-refractivity contribution in [2.75, 3.05) is 0 Å². The maximum Gasteiger partial charge on any atom is 0.0521 e. The van der Waals surface area contributed by atoms with Crippen molar-refractivity contribution in [3.05, 3.63) is 18.0 Å². The van der Waals surface area contributed by atoms with Gasteiger partial charge in [-0.05, 0) is 18.9 Å². The van der Waals surface area contributed by atoms with E-state index in [9.17, 15) is 0 Å². The van der Waals surface area contributed by atoms with Gasteiger partial charge in [0.15, 0.2) is 0 Å². The molecule has 0 atom stereocenters. The monoisotopic (exact) mass is 140 g/mol. The smallest absolute Gasteiger partial charge is 0.0521 e. The van der Waals surface area contributed by atoms with E-state index in [1.807, 2.05) is 10.9 Å². The Kier molecular flexibility index (Phi) is 0.848. The van der Waals surface area contributed by atoms with Crippen molar-refractivity contribution in [1.29, 1.82) is 0 Å². The van der Waals surface area contributed by atoms with Crippen LogP contribution in [0.3, 0.4) is 0 Å². The van der Waals surface area contributed by atoms with Crippen molar-refractivity contribution in [2.24, 2.45) is 0 Å². The molecule has 0 fully saturated rings. The molecule has 1 aromatic rings. The van der Waals surface area contributed by atoms with Crippen LogP contribution in [0.1, 0.15) is 31.3 Å². The first-order valence-corrected chi connectivity index (χ1v) is 3.38. The van der Waals surface area contributed by atoms with Crippen LogP contribution in [0, 0.1) is 0 Å². The van der Waals surface area contributed by atoms with Gasteiger partial charge in [0.2, 0.25) is 0 Å². The third-order valence-electron chi connectivity index (χ3n) is 1.42. The third-order valence-corrected chi connectivity index (χ3v) is 1.42. The Hall–Kier alpha value is -0.790. The molecule has 9 heavy (non-hydrogen) atoms. The lowest BCUT2D eigenvalue weighted by Crippen LogP contribution is -1.92. The number of aryl methyl sites for hydroxylation is 2. The standard InChI is InChI=1S/C7H12N2.4H2/c1-3-7-5-8-9(4-2)6-7;;;;/h5-6H,3-4H2,1-2H3;4*1H/i;4*1+1D. The maximum atomic E-state index is 5.00. The summed E-state index contributed by atoms with van der Waals surface area (Å²) in [5.41, 5.74) is 1.32. The first-order valence-electron chi connectivity index (χ1n) is 7.38. The highest BCUT2D eigenvalue weighted by molar-refractivity contribution is 5.02. The molecule has 0 aliphatic carbocycles. The quantitative estimate of drug-likeness (QED) is 0.617. The normalized spacial score (nSPS) is 13.6. The second kappa shape index (κ2) is 2.67. The van der Waals surface area contributed by atoms with E-state index in [0.717, 1.165) is 13.0 Å². The first kappa shape index (κ1) is 2.86. The molecule has 0 aromatic carbocycles. The van der Waals surface area contributed by atoms with E-state index < -0.39 is 0 Å². The number of nitrogens with zero attached hydrogens (tertiary/aromatic N) is 2. The van der Waals surface area contributed by atoms with Crippen LogP contribution in [-0.4, -0.2) is 9.78 Å². The summed E-state index contributed by atoms with van der Waals surface area (Å²) in [5, 5.41) is 4.12. The van der Waals surface area contributed by atoms with Crippen molar-refractivity contribution < 1.29 is 11.9 Å². The summed E-state index contributed by atoms with van der Waals surface area (Å²) in [7, 11) is 0. The molecule has 1 aromatic heterocycles. The summed E-state index contributed by atoms with van der Waals surface area (Å²) >= 11 is 0. The van der Waals surface area contributed by atoms with Gasteiger partial charge < -0.3 is 0 Å². The highest BCUT2D eigenvalue weighted by Crippen LogP contribution is 1.96. The van der Waals surface area contributed by atoms with Crippen molar-refractivity contribution in [3.8, 4) is 0 Å². The summed E-state index contributed by atoms with van der Waals surface area (Å²) in [6.45, 7) is 5.20. The van der Waals surface area contributed by atoms with Gasteiger partial charge in [0.1, 0.15) is 0 Å². The zero-order valence-electron chi connectivity index (χ0n) is 14.0. The molecule has 1 heterocycles. The summed E-state index contributed by atoms with van der Waals surface area (Å²) in [4.78, 5) is 0. The van der Waals surface area contributed by atoms with E-state index in [1.165, 1.54) is 5.56 Å². The molecular formula is C7H20N2. The lowest BCUT2D eigenvalue weighted by molar-refractivity contribution is 0.659. The van der Waals surface area contributed by atoms with E-state index in [2.05, 4.69) is 25.1 Å².